The van der Waals surface area contributed by atoms with Crippen molar-refractivity contribution in [3.8, 4) is 0 Å². The molecule has 0 aromatic heterocycles. The van der Waals surface area contributed by atoms with Crippen LogP contribution in [0.2, 0.25) is 0 Å². The Morgan fingerprint density at radius 2 is 1.38 bits per heavy atom. The van der Waals surface area contributed by atoms with Crippen LogP contribution in [0.25, 0.3) is 0 Å². The lowest BCUT2D eigenvalue weighted by Gasteiger charge is -2.47. The Bertz CT molecular complexity index is 231. The van der Waals surface area contributed by atoms with Crippen molar-refractivity contribution in [2.24, 2.45) is 5.41 Å². The van der Waals surface area contributed by atoms with Gasteiger partial charge in [0.15, 0.2) is 5.79 Å². The Morgan fingerprint density at radius 3 is 1.81 bits per heavy atom. The van der Waals surface area contributed by atoms with Crippen LogP contribution in [0.3, 0.4) is 0 Å². The SMILES string of the molecule is CC1(C)COC2(OC1)[C@@H](Br)CCCC[C@@H]2Br. The Morgan fingerprint density at radius 1 is 0.938 bits per heavy atom. The van der Waals surface area contributed by atoms with E-state index in [1.807, 2.05) is 0 Å². The Labute approximate surface area is 115 Å². The van der Waals surface area contributed by atoms with E-state index in [2.05, 4.69) is 45.7 Å². The average molecular weight is 356 g/mol. The van der Waals surface area contributed by atoms with Crippen molar-refractivity contribution in [1.82, 2.24) is 0 Å². The van der Waals surface area contributed by atoms with Crippen molar-refractivity contribution in [3.05, 3.63) is 0 Å². The zero-order valence-electron chi connectivity index (χ0n) is 9.97. The van der Waals surface area contributed by atoms with Gasteiger partial charge < -0.3 is 9.47 Å². The predicted molar refractivity (Wildman–Crippen MR) is 72.3 cm³/mol. The topological polar surface area (TPSA) is 18.5 Å². The molecule has 2 nitrogen and oxygen atoms in total. The summed E-state index contributed by atoms with van der Waals surface area (Å²) in [5, 5.41) is 0. The van der Waals surface area contributed by atoms with Crippen molar-refractivity contribution >= 4 is 31.9 Å². The molecule has 0 radical (unpaired) electrons. The second-order valence-electron chi connectivity index (χ2n) is 5.68. The van der Waals surface area contributed by atoms with Gasteiger partial charge in [-0.1, -0.05) is 58.5 Å². The molecule has 1 saturated carbocycles. The third-order valence-corrected chi connectivity index (χ3v) is 5.61. The van der Waals surface area contributed by atoms with Gasteiger partial charge in [-0.25, -0.2) is 0 Å². The van der Waals surface area contributed by atoms with Gasteiger partial charge in [-0.3, -0.25) is 0 Å². The van der Waals surface area contributed by atoms with Crippen LogP contribution < -0.4 is 0 Å². The molecule has 1 spiro atoms. The number of rotatable bonds is 0. The molecule has 94 valence electrons. The molecule has 2 fully saturated rings. The van der Waals surface area contributed by atoms with Crippen LogP contribution in [0.15, 0.2) is 0 Å². The highest BCUT2D eigenvalue weighted by atomic mass is 79.9. The lowest BCUT2D eigenvalue weighted by Crippen LogP contribution is -2.57. The summed E-state index contributed by atoms with van der Waals surface area (Å²) in [5.41, 5.74) is 0.136. The summed E-state index contributed by atoms with van der Waals surface area (Å²) in [6.45, 7) is 5.92. The fourth-order valence-electron chi connectivity index (χ4n) is 2.31. The Hall–Kier alpha value is 0.880. The van der Waals surface area contributed by atoms with Crippen molar-refractivity contribution in [3.63, 3.8) is 0 Å². The van der Waals surface area contributed by atoms with Crippen molar-refractivity contribution in [1.29, 1.82) is 0 Å². The summed E-state index contributed by atoms with van der Waals surface area (Å²) in [6.07, 6.45) is 4.75. The van der Waals surface area contributed by atoms with Gasteiger partial charge in [0.2, 0.25) is 0 Å². The molecule has 2 rings (SSSR count). The molecule has 0 unspecified atom stereocenters. The lowest BCUT2D eigenvalue weighted by atomic mass is 9.93. The highest BCUT2D eigenvalue weighted by Gasteiger charge is 2.50. The summed E-state index contributed by atoms with van der Waals surface area (Å²) < 4.78 is 12.2. The maximum absolute atomic E-state index is 6.11. The minimum absolute atomic E-state index is 0.136. The van der Waals surface area contributed by atoms with Gasteiger partial charge >= 0.3 is 0 Å². The van der Waals surface area contributed by atoms with Crippen LogP contribution in [0.5, 0.6) is 0 Å². The molecule has 1 saturated heterocycles. The third kappa shape index (κ3) is 2.50. The van der Waals surface area contributed by atoms with Crippen molar-refractivity contribution in [2.45, 2.75) is 55.0 Å². The predicted octanol–water partition coefficient (Wildman–Crippen LogP) is 3.86. The number of hydrogen-bond acceptors (Lipinski definition) is 2. The maximum atomic E-state index is 6.11. The quantitative estimate of drug-likeness (QED) is 0.614. The van der Waals surface area contributed by atoms with Gasteiger partial charge in [-0.15, -0.1) is 0 Å². The van der Waals surface area contributed by atoms with Crippen LogP contribution in [-0.4, -0.2) is 28.7 Å². The first-order valence-corrected chi connectivity index (χ1v) is 7.85. The summed E-state index contributed by atoms with van der Waals surface area (Å²) in [7, 11) is 0. The summed E-state index contributed by atoms with van der Waals surface area (Å²) in [6, 6.07) is 0. The first-order valence-electron chi connectivity index (χ1n) is 6.02. The standard InChI is InChI=1S/C12H20Br2O2/c1-11(2)7-15-12(16-8-11)9(13)5-3-4-6-10(12)14/h9-10H,3-8H2,1-2H3/t9-,10-/m0/s1. The van der Waals surface area contributed by atoms with E-state index in [4.69, 9.17) is 9.47 Å². The first kappa shape index (κ1) is 13.3. The molecule has 0 N–H and O–H groups in total. The zero-order chi connectivity index (χ0) is 11.8. The van der Waals surface area contributed by atoms with E-state index in [1.54, 1.807) is 0 Å². The van der Waals surface area contributed by atoms with E-state index < -0.39 is 5.79 Å². The minimum atomic E-state index is -0.452. The largest absolute Gasteiger partial charge is 0.347 e. The van der Waals surface area contributed by atoms with Gasteiger partial charge in [-0.2, -0.15) is 0 Å². The van der Waals surface area contributed by atoms with Gasteiger partial charge in [-0.05, 0) is 12.8 Å². The molecule has 0 aromatic carbocycles. The summed E-state index contributed by atoms with van der Waals surface area (Å²) in [5.74, 6) is -0.452. The molecule has 0 aromatic rings. The van der Waals surface area contributed by atoms with Gasteiger partial charge in [0.25, 0.3) is 0 Å². The molecule has 4 heteroatoms. The van der Waals surface area contributed by atoms with E-state index in [1.165, 1.54) is 12.8 Å². The molecule has 1 heterocycles. The molecule has 1 aliphatic heterocycles. The van der Waals surface area contributed by atoms with E-state index in [9.17, 15) is 0 Å². The van der Waals surface area contributed by atoms with Crippen LogP contribution in [-0.2, 0) is 9.47 Å². The van der Waals surface area contributed by atoms with Crippen LogP contribution in [0.4, 0.5) is 0 Å². The second kappa shape index (κ2) is 4.87. The normalized spacial score (nSPS) is 38.2. The second-order valence-corrected chi connectivity index (χ2v) is 7.89. The van der Waals surface area contributed by atoms with E-state index >= 15 is 0 Å². The van der Waals surface area contributed by atoms with Crippen LogP contribution >= 0.6 is 31.9 Å². The summed E-state index contributed by atoms with van der Waals surface area (Å²) in [4.78, 5) is 0.589. The molecular weight excluding hydrogens is 336 g/mol. The lowest BCUT2D eigenvalue weighted by molar-refractivity contribution is -0.295. The highest BCUT2D eigenvalue weighted by Crippen LogP contribution is 2.44. The molecular formula is C12H20Br2O2. The number of halogens is 2. The zero-order valence-corrected chi connectivity index (χ0v) is 13.1. The average Bonchev–Trinajstić information content (AvgIpc) is 2.36. The Kier molecular flexibility index (Phi) is 4.05. The fourth-order valence-corrected chi connectivity index (χ4v) is 4.48. The Balaban J connectivity index is 2.15. The monoisotopic (exact) mass is 354 g/mol. The third-order valence-electron chi connectivity index (χ3n) is 3.42. The van der Waals surface area contributed by atoms with Gasteiger partial charge in [0.05, 0.1) is 22.9 Å². The minimum Gasteiger partial charge on any atom is -0.347 e. The first-order chi connectivity index (χ1) is 7.46. The van der Waals surface area contributed by atoms with Crippen LogP contribution in [0.1, 0.15) is 39.5 Å². The fraction of sp³-hybridized carbons (Fsp3) is 1.00. The van der Waals surface area contributed by atoms with Crippen molar-refractivity contribution < 1.29 is 9.47 Å². The number of hydrogen-bond donors (Lipinski definition) is 0. The molecule has 0 bridgehead atoms. The summed E-state index contributed by atoms with van der Waals surface area (Å²) >= 11 is 7.51. The number of ether oxygens (including phenoxy) is 2. The van der Waals surface area contributed by atoms with E-state index in [0.717, 1.165) is 26.1 Å². The molecule has 1 aliphatic carbocycles. The van der Waals surface area contributed by atoms with Gasteiger partial charge in [0, 0.05) is 5.41 Å². The van der Waals surface area contributed by atoms with E-state index in [-0.39, 0.29) is 5.41 Å². The van der Waals surface area contributed by atoms with Crippen LogP contribution in [0, 0.1) is 5.41 Å². The molecule has 0 amide bonds. The molecule has 2 aliphatic rings. The highest BCUT2D eigenvalue weighted by molar-refractivity contribution is 9.10. The number of alkyl halides is 2. The molecule has 2 atom stereocenters. The van der Waals surface area contributed by atoms with Crippen molar-refractivity contribution in [2.75, 3.05) is 13.2 Å². The smallest absolute Gasteiger partial charge is 0.193 e. The van der Waals surface area contributed by atoms with E-state index in [0.29, 0.717) is 9.65 Å². The maximum Gasteiger partial charge on any atom is 0.193 e. The van der Waals surface area contributed by atoms with Gasteiger partial charge in [0.1, 0.15) is 0 Å². The molecule has 16 heavy (non-hydrogen) atoms.